The van der Waals surface area contributed by atoms with Gasteiger partial charge < -0.3 is 19.1 Å². The van der Waals surface area contributed by atoms with Gasteiger partial charge in [-0.1, -0.05) is 18.2 Å². The lowest BCUT2D eigenvalue weighted by Gasteiger charge is -2.34. The minimum atomic E-state index is 0.164. The smallest absolute Gasteiger partial charge is 0.165 e. The highest BCUT2D eigenvalue weighted by molar-refractivity contribution is 5.95. The van der Waals surface area contributed by atoms with E-state index >= 15 is 0 Å². The number of rotatable bonds is 4. The van der Waals surface area contributed by atoms with Crippen LogP contribution in [0.3, 0.4) is 0 Å². The first-order valence-electron chi connectivity index (χ1n) is 8.77. The Hall–Kier alpha value is -2.43. The molecule has 0 spiro atoms. The fourth-order valence-corrected chi connectivity index (χ4v) is 3.17. The van der Waals surface area contributed by atoms with Gasteiger partial charge in [-0.05, 0) is 31.6 Å². The molecule has 1 fully saturated rings. The molecule has 5 nitrogen and oxygen atoms in total. The van der Waals surface area contributed by atoms with Crippen molar-refractivity contribution in [2.24, 2.45) is 0 Å². The number of benzene rings is 1. The number of nitrogens with zero attached hydrogens (tertiary/aromatic N) is 1. The van der Waals surface area contributed by atoms with Crippen LogP contribution in [0.15, 0.2) is 42.0 Å². The Bertz CT molecular complexity index is 688. The van der Waals surface area contributed by atoms with Crippen molar-refractivity contribution in [2.45, 2.75) is 32.8 Å². The molecule has 2 heterocycles. The number of hydrogen-bond donors (Lipinski definition) is 1. The fourth-order valence-electron chi connectivity index (χ4n) is 3.17. The number of amidine groups is 1. The van der Waals surface area contributed by atoms with Crippen LogP contribution < -0.4 is 14.2 Å². The molecule has 0 saturated carbocycles. The molecule has 1 saturated heterocycles. The van der Waals surface area contributed by atoms with Gasteiger partial charge in [0.05, 0.1) is 0 Å². The maximum atomic E-state index is 8.32. The van der Waals surface area contributed by atoms with Crippen molar-refractivity contribution in [1.82, 2.24) is 4.90 Å². The highest BCUT2D eigenvalue weighted by Crippen LogP contribution is 2.34. The van der Waals surface area contributed by atoms with E-state index in [1.807, 2.05) is 38.1 Å². The Labute approximate surface area is 149 Å². The summed E-state index contributed by atoms with van der Waals surface area (Å²) in [6, 6.07) is 5.74. The Morgan fingerprint density at radius 2 is 1.88 bits per heavy atom. The molecular weight excluding hydrogens is 316 g/mol. The van der Waals surface area contributed by atoms with Crippen LogP contribution >= 0.6 is 0 Å². The molecule has 134 valence electrons. The summed E-state index contributed by atoms with van der Waals surface area (Å²) in [7, 11) is 0. The Balaban J connectivity index is 1.54. The number of likely N-dealkylation sites (tertiary alicyclic amines) is 1. The molecule has 25 heavy (non-hydrogen) atoms. The number of hydrogen-bond acceptors (Lipinski definition) is 4. The third-order valence-electron chi connectivity index (χ3n) is 4.41. The van der Waals surface area contributed by atoms with Crippen molar-refractivity contribution in [3.05, 3.63) is 42.0 Å². The van der Waals surface area contributed by atoms with Gasteiger partial charge in [0, 0.05) is 32.0 Å². The average Bonchev–Trinajstić information content (AvgIpc) is 2.61. The van der Waals surface area contributed by atoms with Crippen LogP contribution in [0.2, 0.25) is 0 Å². The summed E-state index contributed by atoms with van der Waals surface area (Å²) < 4.78 is 17.3. The van der Waals surface area contributed by atoms with Crippen LogP contribution in [0, 0.1) is 5.41 Å². The van der Waals surface area contributed by atoms with Gasteiger partial charge in [-0.25, -0.2) is 0 Å². The van der Waals surface area contributed by atoms with Crippen molar-refractivity contribution in [1.29, 1.82) is 5.41 Å². The van der Waals surface area contributed by atoms with Crippen LogP contribution in [0.4, 0.5) is 0 Å². The third kappa shape index (κ3) is 4.35. The van der Waals surface area contributed by atoms with Gasteiger partial charge >= 0.3 is 0 Å². The van der Waals surface area contributed by atoms with Gasteiger partial charge in [0.25, 0.3) is 0 Å². The summed E-state index contributed by atoms with van der Waals surface area (Å²) >= 11 is 0. The van der Waals surface area contributed by atoms with Gasteiger partial charge in [0.15, 0.2) is 11.5 Å². The molecule has 0 unspecified atom stereocenters. The van der Waals surface area contributed by atoms with Gasteiger partial charge in [0.1, 0.15) is 30.9 Å². The van der Waals surface area contributed by atoms with E-state index in [1.54, 1.807) is 0 Å². The molecule has 0 aromatic heterocycles. The summed E-state index contributed by atoms with van der Waals surface area (Å²) in [6.45, 7) is 10.6. The van der Waals surface area contributed by atoms with Crippen molar-refractivity contribution in [2.75, 3.05) is 26.3 Å². The highest BCUT2D eigenvalue weighted by atomic mass is 16.6. The maximum Gasteiger partial charge on any atom is 0.165 e. The standard InChI is InChI=1S/C20H26N2O3/c1-14(2)12-15(3)20(21)22-8-6-16(7-9-22)25-17-4-5-18-19(13-17)24-11-10-23-18/h4-5,12-13,16,21H,1,6-11H2,2-3H3/b15-12-,21-20?. The number of nitrogens with one attached hydrogen (secondary N) is 1. The van der Waals surface area contributed by atoms with Crippen LogP contribution in [-0.4, -0.2) is 43.1 Å². The second kappa shape index (κ2) is 7.64. The van der Waals surface area contributed by atoms with Crippen LogP contribution in [-0.2, 0) is 0 Å². The topological polar surface area (TPSA) is 54.8 Å². The van der Waals surface area contributed by atoms with E-state index in [4.69, 9.17) is 19.6 Å². The largest absolute Gasteiger partial charge is 0.490 e. The van der Waals surface area contributed by atoms with E-state index in [2.05, 4.69) is 11.5 Å². The third-order valence-corrected chi connectivity index (χ3v) is 4.41. The zero-order chi connectivity index (χ0) is 17.8. The number of fused-ring (bicyclic) bond motifs is 1. The normalized spacial score (nSPS) is 18.0. The summed E-state index contributed by atoms with van der Waals surface area (Å²) in [5.74, 6) is 2.93. The fraction of sp³-hybridized carbons (Fsp3) is 0.450. The van der Waals surface area contributed by atoms with Crippen molar-refractivity contribution in [3.8, 4) is 17.2 Å². The monoisotopic (exact) mass is 342 g/mol. The summed E-state index contributed by atoms with van der Waals surface area (Å²) in [5, 5.41) is 8.32. The van der Waals surface area contributed by atoms with Crippen LogP contribution in [0.25, 0.3) is 0 Å². The van der Waals surface area contributed by atoms with E-state index in [0.717, 1.165) is 54.3 Å². The lowest BCUT2D eigenvalue weighted by atomic mass is 10.1. The molecule has 2 aliphatic rings. The van der Waals surface area contributed by atoms with Crippen molar-refractivity contribution in [3.63, 3.8) is 0 Å². The molecule has 0 atom stereocenters. The van der Waals surface area contributed by atoms with Crippen LogP contribution in [0.5, 0.6) is 17.2 Å². The molecule has 1 aromatic rings. The van der Waals surface area contributed by atoms with Gasteiger partial charge in [0.2, 0.25) is 0 Å². The van der Waals surface area contributed by atoms with E-state index in [-0.39, 0.29) is 6.10 Å². The zero-order valence-corrected chi connectivity index (χ0v) is 15.0. The summed E-state index contributed by atoms with van der Waals surface area (Å²) in [6.07, 6.45) is 3.92. The molecular formula is C20H26N2O3. The predicted octanol–water partition coefficient (Wildman–Crippen LogP) is 3.80. The van der Waals surface area contributed by atoms with E-state index in [0.29, 0.717) is 19.0 Å². The summed E-state index contributed by atoms with van der Waals surface area (Å²) in [4.78, 5) is 2.11. The second-order valence-electron chi connectivity index (χ2n) is 6.63. The molecule has 1 aromatic carbocycles. The van der Waals surface area contributed by atoms with Gasteiger partial charge in [-0.15, -0.1) is 0 Å². The molecule has 0 bridgehead atoms. The van der Waals surface area contributed by atoms with E-state index in [1.165, 1.54) is 0 Å². The Kier molecular flexibility index (Phi) is 5.31. The molecule has 0 aliphatic carbocycles. The first-order valence-corrected chi connectivity index (χ1v) is 8.77. The molecule has 3 rings (SSSR count). The van der Waals surface area contributed by atoms with Crippen LogP contribution in [0.1, 0.15) is 26.7 Å². The van der Waals surface area contributed by atoms with E-state index < -0.39 is 0 Å². The zero-order valence-electron chi connectivity index (χ0n) is 15.0. The average molecular weight is 342 g/mol. The number of allylic oxidation sites excluding steroid dienone is 2. The maximum absolute atomic E-state index is 8.32. The first kappa shape index (κ1) is 17.4. The Morgan fingerprint density at radius 1 is 1.20 bits per heavy atom. The number of piperidine rings is 1. The SMILES string of the molecule is C=C(C)/C=C(/C)C(=N)N1CCC(Oc2ccc3c(c2)OCCO3)CC1. The lowest BCUT2D eigenvalue weighted by molar-refractivity contribution is 0.128. The van der Waals surface area contributed by atoms with Crippen molar-refractivity contribution < 1.29 is 14.2 Å². The first-order chi connectivity index (χ1) is 12.0. The quantitative estimate of drug-likeness (QED) is 0.514. The van der Waals surface area contributed by atoms with E-state index in [9.17, 15) is 0 Å². The van der Waals surface area contributed by atoms with Crippen molar-refractivity contribution >= 4 is 5.84 Å². The molecule has 0 radical (unpaired) electrons. The summed E-state index contributed by atoms with van der Waals surface area (Å²) in [5.41, 5.74) is 1.93. The minimum absolute atomic E-state index is 0.164. The second-order valence-corrected chi connectivity index (χ2v) is 6.63. The van der Waals surface area contributed by atoms with Gasteiger partial charge in [-0.2, -0.15) is 0 Å². The molecule has 1 N–H and O–H groups in total. The Morgan fingerprint density at radius 3 is 2.56 bits per heavy atom. The number of ether oxygens (including phenoxy) is 3. The predicted molar refractivity (Wildman–Crippen MR) is 99.0 cm³/mol. The lowest BCUT2D eigenvalue weighted by Crippen LogP contribution is -2.41. The molecule has 5 heteroatoms. The molecule has 0 amide bonds. The van der Waals surface area contributed by atoms with Gasteiger partial charge in [-0.3, -0.25) is 5.41 Å². The minimum Gasteiger partial charge on any atom is -0.490 e. The highest BCUT2D eigenvalue weighted by Gasteiger charge is 2.23. The molecule has 2 aliphatic heterocycles.